The summed E-state index contributed by atoms with van der Waals surface area (Å²) in [5, 5.41) is 2.46. The summed E-state index contributed by atoms with van der Waals surface area (Å²) in [7, 11) is 0. The summed E-state index contributed by atoms with van der Waals surface area (Å²) in [5.41, 5.74) is 0.317. The molecule has 0 aromatic heterocycles. The zero-order chi connectivity index (χ0) is 14.3. The molecule has 0 aliphatic heterocycles. The molecule has 1 amide bonds. The number of amides is 1. The molecular formula is C14H16FNO3. The molecule has 0 aliphatic rings. The zero-order valence-corrected chi connectivity index (χ0v) is 10.9. The first-order chi connectivity index (χ1) is 9.02. The molecule has 102 valence electrons. The number of nitrogens with one attached hydrogen (secondary N) is 1. The van der Waals surface area contributed by atoms with Gasteiger partial charge in [0, 0.05) is 11.8 Å². The van der Waals surface area contributed by atoms with E-state index in [1.807, 2.05) is 6.92 Å². The predicted molar refractivity (Wildman–Crippen MR) is 70.0 cm³/mol. The molecule has 0 aliphatic carbocycles. The number of hydrogen-bond donors (Lipinski definition) is 1. The van der Waals surface area contributed by atoms with Crippen LogP contribution in [0.15, 0.2) is 36.4 Å². The lowest BCUT2D eigenvalue weighted by molar-refractivity contribution is -0.148. The fourth-order valence-electron chi connectivity index (χ4n) is 1.29. The SMILES string of the molecule is CC/C=C/C(=O)O[C@H](C)C(=O)Nc1cccc(F)c1. The predicted octanol–water partition coefficient (Wildman–Crippen LogP) is 2.66. The lowest BCUT2D eigenvalue weighted by Crippen LogP contribution is -2.29. The number of rotatable bonds is 5. The van der Waals surface area contributed by atoms with Crippen molar-refractivity contribution in [2.24, 2.45) is 0 Å². The van der Waals surface area contributed by atoms with Crippen LogP contribution in [-0.2, 0) is 14.3 Å². The molecule has 0 saturated heterocycles. The summed E-state index contributed by atoms with van der Waals surface area (Å²) in [6.45, 7) is 3.33. The van der Waals surface area contributed by atoms with Gasteiger partial charge in [0.25, 0.3) is 5.91 Å². The Kier molecular flexibility index (Phi) is 5.73. The van der Waals surface area contributed by atoms with Gasteiger partial charge < -0.3 is 10.1 Å². The van der Waals surface area contributed by atoms with E-state index in [1.54, 1.807) is 12.1 Å². The number of esters is 1. The highest BCUT2D eigenvalue weighted by molar-refractivity contribution is 5.95. The van der Waals surface area contributed by atoms with E-state index in [4.69, 9.17) is 4.74 Å². The highest BCUT2D eigenvalue weighted by atomic mass is 19.1. The number of carbonyl (C=O) groups is 2. The number of ether oxygens (including phenoxy) is 1. The molecule has 0 fully saturated rings. The van der Waals surface area contributed by atoms with Crippen molar-refractivity contribution < 1.29 is 18.7 Å². The van der Waals surface area contributed by atoms with Crippen LogP contribution in [0.3, 0.4) is 0 Å². The minimum absolute atomic E-state index is 0.317. The molecule has 4 nitrogen and oxygen atoms in total. The molecule has 0 unspecified atom stereocenters. The number of hydrogen-bond acceptors (Lipinski definition) is 3. The summed E-state index contributed by atoms with van der Waals surface area (Å²) in [6.07, 6.45) is 2.67. The van der Waals surface area contributed by atoms with Gasteiger partial charge in [-0.05, 0) is 31.5 Å². The summed E-state index contributed by atoms with van der Waals surface area (Å²) in [6, 6.07) is 5.48. The van der Waals surface area contributed by atoms with Crippen molar-refractivity contribution in [3.05, 3.63) is 42.2 Å². The molecule has 19 heavy (non-hydrogen) atoms. The molecule has 1 aromatic carbocycles. The monoisotopic (exact) mass is 265 g/mol. The fourth-order valence-corrected chi connectivity index (χ4v) is 1.29. The molecule has 5 heteroatoms. The van der Waals surface area contributed by atoms with Gasteiger partial charge in [-0.25, -0.2) is 9.18 Å². The van der Waals surface area contributed by atoms with E-state index >= 15 is 0 Å². The Labute approximate surface area is 111 Å². The average Bonchev–Trinajstić information content (AvgIpc) is 2.36. The third kappa shape index (κ3) is 5.33. The van der Waals surface area contributed by atoms with Crippen molar-refractivity contribution in [1.29, 1.82) is 0 Å². The molecule has 0 spiro atoms. The highest BCUT2D eigenvalue weighted by Gasteiger charge is 2.16. The van der Waals surface area contributed by atoms with Crippen molar-refractivity contribution in [2.45, 2.75) is 26.4 Å². The molecule has 1 N–H and O–H groups in total. The van der Waals surface area contributed by atoms with Gasteiger partial charge in [0.1, 0.15) is 5.82 Å². The van der Waals surface area contributed by atoms with Crippen molar-refractivity contribution in [2.75, 3.05) is 5.32 Å². The van der Waals surface area contributed by atoms with Gasteiger partial charge in [-0.3, -0.25) is 4.79 Å². The van der Waals surface area contributed by atoms with Gasteiger partial charge >= 0.3 is 5.97 Å². The van der Waals surface area contributed by atoms with Crippen LogP contribution < -0.4 is 5.32 Å². The van der Waals surface area contributed by atoms with Gasteiger partial charge in [0.15, 0.2) is 6.10 Å². The quantitative estimate of drug-likeness (QED) is 0.657. The summed E-state index contributed by atoms with van der Waals surface area (Å²) in [5.74, 6) is -1.54. The Morgan fingerprint density at radius 1 is 1.47 bits per heavy atom. The lowest BCUT2D eigenvalue weighted by atomic mass is 10.3. The number of anilines is 1. The number of allylic oxidation sites excluding steroid dienone is 1. The molecule has 0 saturated carbocycles. The summed E-state index contributed by atoms with van der Waals surface area (Å²) in [4.78, 5) is 23.0. The van der Waals surface area contributed by atoms with Crippen LogP contribution >= 0.6 is 0 Å². The van der Waals surface area contributed by atoms with Crippen LogP contribution in [0.1, 0.15) is 20.3 Å². The largest absolute Gasteiger partial charge is 0.449 e. The first-order valence-electron chi connectivity index (χ1n) is 5.96. The first kappa shape index (κ1) is 14.9. The molecule has 0 bridgehead atoms. The second kappa shape index (κ2) is 7.31. The van der Waals surface area contributed by atoms with E-state index < -0.39 is 23.8 Å². The number of carbonyl (C=O) groups excluding carboxylic acids is 2. The second-order valence-electron chi connectivity index (χ2n) is 3.89. The van der Waals surface area contributed by atoms with Crippen molar-refractivity contribution in [1.82, 2.24) is 0 Å². The van der Waals surface area contributed by atoms with Crippen LogP contribution in [0.25, 0.3) is 0 Å². The normalized spacial score (nSPS) is 12.2. The molecular weight excluding hydrogens is 249 g/mol. The van der Waals surface area contributed by atoms with Crippen molar-refractivity contribution in [3.8, 4) is 0 Å². The topological polar surface area (TPSA) is 55.4 Å². The minimum atomic E-state index is -0.947. The number of benzene rings is 1. The van der Waals surface area contributed by atoms with Crippen LogP contribution in [0.5, 0.6) is 0 Å². The molecule has 0 radical (unpaired) electrons. The first-order valence-corrected chi connectivity index (χ1v) is 5.96. The maximum atomic E-state index is 12.9. The molecule has 0 heterocycles. The lowest BCUT2D eigenvalue weighted by Gasteiger charge is -2.12. The van der Waals surface area contributed by atoms with E-state index in [-0.39, 0.29) is 0 Å². The summed E-state index contributed by atoms with van der Waals surface area (Å²) >= 11 is 0. The van der Waals surface area contributed by atoms with Crippen molar-refractivity contribution in [3.63, 3.8) is 0 Å². The van der Waals surface area contributed by atoms with Crippen LogP contribution in [-0.4, -0.2) is 18.0 Å². The Hall–Kier alpha value is -2.17. The Morgan fingerprint density at radius 2 is 2.21 bits per heavy atom. The average molecular weight is 265 g/mol. The van der Waals surface area contributed by atoms with Gasteiger partial charge in [0.05, 0.1) is 0 Å². The van der Waals surface area contributed by atoms with E-state index in [0.29, 0.717) is 12.1 Å². The Balaban J connectivity index is 2.53. The molecule has 1 rings (SSSR count). The Morgan fingerprint density at radius 3 is 2.84 bits per heavy atom. The Bertz CT molecular complexity index is 485. The molecule has 1 aromatic rings. The third-order valence-corrected chi connectivity index (χ3v) is 2.24. The smallest absolute Gasteiger partial charge is 0.331 e. The van der Waals surface area contributed by atoms with Gasteiger partial charge in [-0.2, -0.15) is 0 Å². The summed E-state index contributed by atoms with van der Waals surface area (Å²) < 4.78 is 17.8. The zero-order valence-electron chi connectivity index (χ0n) is 10.9. The standard InChI is InChI=1S/C14H16FNO3/c1-3-4-8-13(17)19-10(2)14(18)16-12-7-5-6-11(15)9-12/h4-10H,3H2,1-2H3,(H,16,18)/b8-4+/t10-/m1/s1. The van der Waals surface area contributed by atoms with E-state index in [2.05, 4.69) is 5.32 Å². The van der Waals surface area contributed by atoms with E-state index in [1.165, 1.54) is 31.2 Å². The fraction of sp³-hybridized carbons (Fsp3) is 0.286. The van der Waals surface area contributed by atoms with Crippen LogP contribution in [0.2, 0.25) is 0 Å². The highest BCUT2D eigenvalue weighted by Crippen LogP contribution is 2.10. The van der Waals surface area contributed by atoms with Crippen LogP contribution in [0, 0.1) is 5.82 Å². The maximum Gasteiger partial charge on any atom is 0.331 e. The van der Waals surface area contributed by atoms with Gasteiger partial charge in [-0.1, -0.05) is 19.1 Å². The second-order valence-corrected chi connectivity index (χ2v) is 3.89. The maximum absolute atomic E-state index is 12.9. The van der Waals surface area contributed by atoms with Crippen molar-refractivity contribution >= 4 is 17.6 Å². The minimum Gasteiger partial charge on any atom is -0.449 e. The number of halogens is 1. The van der Waals surface area contributed by atoms with E-state index in [0.717, 1.165) is 0 Å². The van der Waals surface area contributed by atoms with E-state index in [9.17, 15) is 14.0 Å². The van der Waals surface area contributed by atoms with Crippen LogP contribution in [0.4, 0.5) is 10.1 Å². The molecule has 1 atom stereocenters. The third-order valence-electron chi connectivity index (χ3n) is 2.24. The van der Waals surface area contributed by atoms with Gasteiger partial charge in [-0.15, -0.1) is 0 Å². The van der Waals surface area contributed by atoms with Gasteiger partial charge in [0.2, 0.25) is 0 Å².